The van der Waals surface area contributed by atoms with Gasteiger partial charge in [0.15, 0.2) is 5.96 Å². The van der Waals surface area contributed by atoms with Gasteiger partial charge in [-0.2, -0.15) is 0 Å². The summed E-state index contributed by atoms with van der Waals surface area (Å²) in [6.07, 6.45) is 1.87. The van der Waals surface area contributed by atoms with Crippen molar-refractivity contribution in [3.63, 3.8) is 0 Å². The van der Waals surface area contributed by atoms with Crippen LogP contribution in [-0.2, 0) is 24.9 Å². The molecular weight excluding hydrogens is 508 g/mol. The number of hydrogen-bond acceptors (Lipinski definition) is 3. The molecule has 2 heterocycles. The summed E-state index contributed by atoms with van der Waals surface area (Å²) < 4.78 is 21.9. The lowest BCUT2D eigenvalue weighted by Gasteiger charge is -2.29. The monoisotopic (exact) mass is 535 g/mol. The van der Waals surface area contributed by atoms with Gasteiger partial charge in [0, 0.05) is 52.7 Å². The number of guanidine groups is 1. The quantitative estimate of drug-likeness (QED) is 0.362. The number of nitrogens with one attached hydrogen (secondary N) is 1. The molecule has 0 saturated carbocycles. The first kappa shape index (κ1) is 23.8. The highest BCUT2D eigenvalue weighted by atomic mass is 127. The normalized spacial score (nSPS) is 14.5. The third kappa shape index (κ3) is 6.23. The van der Waals surface area contributed by atoms with E-state index in [9.17, 15) is 4.39 Å². The topological polar surface area (TPSA) is 45.0 Å². The Morgan fingerprint density at radius 2 is 2.03 bits per heavy atom. The van der Waals surface area contributed by atoms with Crippen molar-refractivity contribution in [3.8, 4) is 0 Å². The molecule has 9 heteroatoms. The van der Waals surface area contributed by atoms with E-state index in [-0.39, 0.29) is 29.8 Å². The maximum Gasteiger partial charge on any atom is 0.194 e. The molecule has 0 unspecified atom stereocenters. The van der Waals surface area contributed by atoms with Gasteiger partial charge >= 0.3 is 0 Å². The van der Waals surface area contributed by atoms with Gasteiger partial charge in [0.2, 0.25) is 0 Å². The Balaban J connectivity index is 0.00000300. The maximum absolute atomic E-state index is 14.6. The first-order chi connectivity index (χ1) is 13.5. The number of nitrogens with zero attached hydrogens (tertiary/aromatic N) is 4. The van der Waals surface area contributed by atoms with Gasteiger partial charge in [-0.1, -0.05) is 17.7 Å². The fourth-order valence-electron chi connectivity index (χ4n) is 3.33. The second-order valence-electron chi connectivity index (χ2n) is 6.90. The lowest BCUT2D eigenvalue weighted by molar-refractivity contribution is 0.122. The molecule has 1 saturated heterocycles. The molecule has 0 amide bonds. The minimum atomic E-state index is -0.206. The van der Waals surface area contributed by atoms with E-state index in [2.05, 4.69) is 10.3 Å². The summed E-state index contributed by atoms with van der Waals surface area (Å²) in [6.45, 7) is 3.86. The Hall–Kier alpha value is -1.52. The Morgan fingerprint density at radius 3 is 2.62 bits per heavy atom. The van der Waals surface area contributed by atoms with Gasteiger partial charge in [0.05, 0.1) is 30.5 Å². The van der Waals surface area contributed by atoms with Crippen molar-refractivity contribution in [1.29, 1.82) is 0 Å². The van der Waals surface area contributed by atoms with E-state index in [0.29, 0.717) is 37.0 Å². The number of benzene rings is 1. The van der Waals surface area contributed by atoms with E-state index in [1.807, 2.05) is 52.9 Å². The van der Waals surface area contributed by atoms with Crippen LogP contribution in [0, 0.1) is 5.82 Å². The smallest absolute Gasteiger partial charge is 0.194 e. The molecule has 29 heavy (non-hydrogen) atoms. The van der Waals surface area contributed by atoms with Gasteiger partial charge in [-0.25, -0.2) is 4.39 Å². The van der Waals surface area contributed by atoms with Crippen LogP contribution in [-0.4, -0.2) is 55.8 Å². The molecule has 1 aliphatic rings. The van der Waals surface area contributed by atoms with Gasteiger partial charge < -0.3 is 24.4 Å². The average molecular weight is 536 g/mol. The third-order valence-corrected chi connectivity index (χ3v) is 5.07. The molecule has 0 radical (unpaired) electrons. The Morgan fingerprint density at radius 1 is 1.31 bits per heavy atom. The van der Waals surface area contributed by atoms with Crippen LogP contribution < -0.4 is 10.2 Å². The maximum atomic E-state index is 14.6. The molecule has 2 aromatic rings. The van der Waals surface area contributed by atoms with E-state index in [1.54, 1.807) is 13.1 Å². The standard InChI is InChI=1S/C20H27ClFN5O.HI/c1-23-20(26(3)14-17-11-16(21)13-25(17)2)24-12-15-4-5-19(18(22)10-15)27-6-8-28-9-7-27;/h4-5,10-11,13H,6-9,12,14H2,1-3H3,(H,23,24);1H. The fourth-order valence-corrected chi connectivity index (χ4v) is 3.60. The second kappa shape index (κ2) is 11.0. The molecule has 6 nitrogen and oxygen atoms in total. The second-order valence-corrected chi connectivity index (χ2v) is 7.34. The predicted octanol–water partition coefficient (Wildman–Crippen LogP) is 3.48. The Bertz CT molecular complexity index is 838. The summed E-state index contributed by atoms with van der Waals surface area (Å²) in [5.74, 6) is 0.526. The molecule has 1 aliphatic heterocycles. The number of halogens is 3. The summed E-state index contributed by atoms with van der Waals surface area (Å²) in [7, 11) is 5.65. The number of anilines is 1. The van der Waals surface area contributed by atoms with Gasteiger partial charge in [0.1, 0.15) is 5.82 Å². The van der Waals surface area contributed by atoms with Crippen molar-refractivity contribution < 1.29 is 9.13 Å². The van der Waals surface area contributed by atoms with Gasteiger partial charge in [-0.05, 0) is 23.8 Å². The number of ether oxygens (including phenoxy) is 1. The van der Waals surface area contributed by atoms with Gasteiger partial charge in [-0.15, -0.1) is 24.0 Å². The number of rotatable bonds is 5. The average Bonchev–Trinajstić information content (AvgIpc) is 3.00. The molecule has 1 aromatic heterocycles. The number of aliphatic imine (C=N–C) groups is 1. The number of hydrogen-bond donors (Lipinski definition) is 1. The molecule has 1 aromatic carbocycles. The van der Waals surface area contributed by atoms with Crippen LogP contribution in [0.1, 0.15) is 11.3 Å². The highest BCUT2D eigenvalue weighted by molar-refractivity contribution is 14.0. The summed E-state index contributed by atoms with van der Waals surface area (Å²) in [4.78, 5) is 8.35. The number of morpholine rings is 1. The van der Waals surface area contributed by atoms with Gasteiger partial charge in [0.25, 0.3) is 0 Å². The van der Waals surface area contributed by atoms with Crippen molar-refractivity contribution in [1.82, 2.24) is 14.8 Å². The van der Waals surface area contributed by atoms with E-state index in [1.165, 1.54) is 0 Å². The van der Waals surface area contributed by atoms with Crippen LogP contribution in [0.25, 0.3) is 0 Å². The van der Waals surface area contributed by atoms with Crippen molar-refractivity contribution >= 4 is 47.2 Å². The van der Waals surface area contributed by atoms with Gasteiger partial charge in [-0.3, -0.25) is 4.99 Å². The van der Waals surface area contributed by atoms with Crippen LogP contribution in [0.4, 0.5) is 10.1 Å². The Kier molecular flexibility index (Phi) is 9.04. The zero-order valence-corrected chi connectivity index (χ0v) is 20.1. The molecule has 0 bridgehead atoms. The summed E-state index contributed by atoms with van der Waals surface area (Å²) in [6, 6.07) is 7.31. The first-order valence-electron chi connectivity index (χ1n) is 9.31. The summed E-state index contributed by atoms with van der Waals surface area (Å²) in [5, 5.41) is 4.00. The van der Waals surface area contributed by atoms with Crippen LogP contribution in [0.2, 0.25) is 5.02 Å². The summed E-state index contributed by atoms with van der Waals surface area (Å²) >= 11 is 6.06. The molecule has 0 aliphatic carbocycles. The number of aromatic nitrogens is 1. The molecule has 1 N–H and O–H groups in total. The lowest BCUT2D eigenvalue weighted by Crippen LogP contribution is -2.38. The van der Waals surface area contributed by atoms with Crippen LogP contribution in [0.5, 0.6) is 0 Å². The SMILES string of the molecule is CN=C(NCc1ccc(N2CCOCC2)c(F)c1)N(C)Cc1cc(Cl)cn1C.I. The minimum absolute atomic E-state index is 0. The Labute approximate surface area is 193 Å². The molecule has 1 fully saturated rings. The highest BCUT2D eigenvalue weighted by Crippen LogP contribution is 2.21. The zero-order chi connectivity index (χ0) is 20.1. The van der Waals surface area contributed by atoms with Crippen molar-refractivity contribution in [2.24, 2.45) is 12.0 Å². The van der Waals surface area contributed by atoms with Crippen molar-refractivity contribution in [2.75, 3.05) is 45.3 Å². The zero-order valence-electron chi connectivity index (χ0n) is 17.0. The van der Waals surface area contributed by atoms with E-state index in [4.69, 9.17) is 16.3 Å². The molecule has 0 spiro atoms. The highest BCUT2D eigenvalue weighted by Gasteiger charge is 2.16. The summed E-state index contributed by atoms with van der Waals surface area (Å²) in [5.41, 5.74) is 2.58. The van der Waals surface area contributed by atoms with Crippen LogP contribution >= 0.6 is 35.6 Å². The third-order valence-electron chi connectivity index (χ3n) is 4.86. The lowest BCUT2D eigenvalue weighted by atomic mass is 10.1. The van der Waals surface area contributed by atoms with E-state index >= 15 is 0 Å². The van der Waals surface area contributed by atoms with E-state index in [0.717, 1.165) is 30.3 Å². The fraction of sp³-hybridized carbons (Fsp3) is 0.450. The predicted molar refractivity (Wildman–Crippen MR) is 127 cm³/mol. The van der Waals surface area contributed by atoms with Crippen LogP contribution in [0.15, 0.2) is 35.5 Å². The molecule has 3 rings (SSSR count). The molecule has 0 atom stereocenters. The molecular formula is C20H28ClFIN5O. The van der Waals surface area contributed by atoms with Crippen molar-refractivity contribution in [2.45, 2.75) is 13.1 Å². The van der Waals surface area contributed by atoms with Crippen LogP contribution in [0.3, 0.4) is 0 Å². The van der Waals surface area contributed by atoms with E-state index < -0.39 is 0 Å². The minimum Gasteiger partial charge on any atom is -0.378 e. The number of aryl methyl sites for hydroxylation is 1. The first-order valence-corrected chi connectivity index (χ1v) is 9.69. The van der Waals surface area contributed by atoms with Crippen molar-refractivity contribution in [3.05, 3.63) is 52.6 Å². The molecule has 160 valence electrons. The largest absolute Gasteiger partial charge is 0.378 e.